The molecule has 3 aliphatic rings. The van der Waals surface area contributed by atoms with Gasteiger partial charge in [-0.2, -0.15) is 0 Å². The highest BCUT2D eigenvalue weighted by Gasteiger charge is 2.45. The molecule has 0 radical (unpaired) electrons. The van der Waals surface area contributed by atoms with Crippen LogP contribution in [0.25, 0.3) is 10.8 Å². The number of rotatable bonds is 2. The quantitative estimate of drug-likeness (QED) is 0.720. The average molecular weight is 380 g/mol. The number of hydrogen-bond acceptors (Lipinski definition) is 4. The Balaban J connectivity index is 1.63. The van der Waals surface area contributed by atoms with Crippen molar-refractivity contribution >= 4 is 22.2 Å². The van der Waals surface area contributed by atoms with Gasteiger partial charge in [0.2, 0.25) is 0 Å². The minimum absolute atomic E-state index is 0.0484. The topological polar surface area (TPSA) is 38.8 Å². The van der Waals surface area contributed by atoms with Gasteiger partial charge in [0, 0.05) is 35.1 Å². The molecule has 0 aromatic heterocycles. The van der Waals surface area contributed by atoms with Crippen LogP contribution in [0.5, 0.6) is 0 Å². The van der Waals surface area contributed by atoms with Crippen LogP contribution in [-0.4, -0.2) is 37.9 Å². The molecular weight excluding hydrogens is 350 g/mol. The molecule has 2 fully saturated rings. The Morgan fingerprint density at radius 2 is 1.75 bits per heavy atom. The minimum atomic E-state index is -0.517. The molecule has 0 amide bonds. The highest BCUT2D eigenvalue weighted by molar-refractivity contribution is 6.12. The number of hydrogen-bond donors (Lipinski definition) is 0. The van der Waals surface area contributed by atoms with Crippen LogP contribution in [0.1, 0.15) is 55.1 Å². The van der Waals surface area contributed by atoms with E-state index in [2.05, 4.69) is 29.2 Å². The molecule has 28 heavy (non-hydrogen) atoms. The number of fused-ring (bicyclic) bond motifs is 2. The summed E-state index contributed by atoms with van der Waals surface area (Å²) in [6, 6.07) is 8.78. The van der Waals surface area contributed by atoms with Gasteiger partial charge >= 0.3 is 0 Å². The predicted molar refractivity (Wildman–Crippen MR) is 111 cm³/mol. The Morgan fingerprint density at radius 1 is 1.04 bits per heavy atom. The zero-order valence-corrected chi connectivity index (χ0v) is 17.1. The van der Waals surface area contributed by atoms with Gasteiger partial charge in [0.25, 0.3) is 0 Å². The Labute approximate surface area is 166 Å². The van der Waals surface area contributed by atoms with Crippen LogP contribution in [-0.2, 0) is 22.3 Å². The largest absolute Gasteiger partial charge is 0.371 e. The molecular formula is C24H29NO3. The fraction of sp³-hybridized carbons (Fsp3) is 0.542. The van der Waals surface area contributed by atoms with Crippen LogP contribution >= 0.6 is 0 Å². The van der Waals surface area contributed by atoms with E-state index < -0.39 is 5.79 Å². The number of benzene rings is 2. The molecule has 0 bridgehead atoms. The van der Waals surface area contributed by atoms with Crippen LogP contribution in [0.3, 0.4) is 0 Å². The molecule has 2 heterocycles. The van der Waals surface area contributed by atoms with Gasteiger partial charge in [-0.3, -0.25) is 4.79 Å². The van der Waals surface area contributed by atoms with Crippen LogP contribution in [0.15, 0.2) is 24.3 Å². The molecule has 2 aromatic carbocycles. The van der Waals surface area contributed by atoms with E-state index in [0.29, 0.717) is 13.2 Å². The summed E-state index contributed by atoms with van der Waals surface area (Å²) in [6.45, 7) is 9.22. The second-order valence-corrected chi connectivity index (χ2v) is 9.34. The van der Waals surface area contributed by atoms with Gasteiger partial charge in [-0.15, -0.1) is 0 Å². The predicted octanol–water partition coefficient (Wildman–Crippen LogP) is 4.51. The van der Waals surface area contributed by atoms with Crippen LogP contribution in [0.2, 0.25) is 0 Å². The summed E-state index contributed by atoms with van der Waals surface area (Å²) in [5, 5.41) is 2.33. The third-order valence-electron chi connectivity index (χ3n) is 6.73. The summed E-state index contributed by atoms with van der Waals surface area (Å²) >= 11 is 0. The minimum Gasteiger partial charge on any atom is -0.371 e. The second kappa shape index (κ2) is 6.30. The number of carbonyl (C=O) groups excluding carboxylic acids is 1. The highest BCUT2D eigenvalue weighted by atomic mass is 16.7. The van der Waals surface area contributed by atoms with Gasteiger partial charge in [-0.05, 0) is 75.1 Å². The van der Waals surface area contributed by atoms with Crippen molar-refractivity contribution in [2.24, 2.45) is 5.41 Å². The summed E-state index contributed by atoms with van der Waals surface area (Å²) < 4.78 is 12.0. The number of carbonyl (C=O) groups is 1. The SMILES string of the molecule is CC(=O)c1c2c(cc3c(N4CCCC4)cccc13)CC1(COC(C)(C)OC1)C2. The van der Waals surface area contributed by atoms with Crippen molar-refractivity contribution in [2.75, 3.05) is 31.2 Å². The van der Waals surface area contributed by atoms with Crippen LogP contribution in [0.4, 0.5) is 5.69 Å². The first-order valence-electron chi connectivity index (χ1n) is 10.5. The summed E-state index contributed by atoms with van der Waals surface area (Å²) in [5.41, 5.74) is 4.66. The molecule has 1 aliphatic carbocycles. The van der Waals surface area contributed by atoms with Gasteiger partial charge in [0.15, 0.2) is 11.6 Å². The van der Waals surface area contributed by atoms with Crippen molar-refractivity contribution in [3.8, 4) is 0 Å². The molecule has 0 atom stereocenters. The molecule has 1 spiro atoms. The van der Waals surface area contributed by atoms with E-state index in [1.165, 1.54) is 35.0 Å². The van der Waals surface area contributed by atoms with E-state index in [-0.39, 0.29) is 11.2 Å². The van der Waals surface area contributed by atoms with E-state index in [0.717, 1.165) is 36.9 Å². The third kappa shape index (κ3) is 2.85. The lowest BCUT2D eigenvalue weighted by Crippen LogP contribution is -2.47. The standard InChI is InChI=1S/C24H29NO3/c1-16(26)22-18-7-6-8-21(25-9-4-5-10-25)19(18)11-17-12-24(13-20(17)22)14-27-23(2,3)28-15-24/h6-8,11H,4-5,9-10,12-15H2,1-3H3. The zero-order chi connectivity index (χ0) is 19.5. The molecule has 4 heteroatoms. The van der Waals surface area contributed by atoms with E-state index in [4.69, 9.17) is 9.47 Å². The molecule has 5 rings (SSSR count). The number of Topliss-reactive ketones (excluding diaryl/α,β-unsaturated/α-hetero) is 1. The Bertz CT molecular complexity index is 946. The van der Waals surface area contributed by atoms with E-state index in [1.54, 1.807) is 6.92 Å². The molecule has 2 aromatic rings. The fourth-order valence-electron chi connectivity index (χ4n) is 5.29. The second-order valence-electron chi connectivity index (χ2n) is 9.34. The van der Waals surface area contributed by atoms with Gasteiger partial charge < -0.3 is 14.4 Å². The molecule has 4 nitrogen and oxygen atoms in total. The van der Waals surface area contributed by atoms with Gasteiger partial charge in [0.05, 0.1) is 13.2 Å². The van der Waals surface area contributed by atoms with Crippen molar-refractivity contribution < 1.29 is 14.3 Å². The first kappa shape index (κ1) is 18.1. The number of anilines is 1. The van der Waals surface area contributed by atoms with Crippen molar-refractivity contribution in [1.29, 1.82) is 0 Å². The average Bonchev–Trinajstić information content (AvgIpc) is 3.29. The third-order valence-corrected chi connectivity index (χ3v) is 6.73. The van der Waals surface area contributed by atoms with Crippen molar-refractivity contribution in [2.45, 2.75) is 52.2 Å². The maximum absolute atomic E-state index is 12.7. The molecule has 2 aliphatic heterocycles. The van der Waals surface area contributed by atoms with Crippen molar-refractivity contribution in [3.05, 3.63) is 41.0 Å². The van der Waals surface area contributed by atoms with Gasteiger partial charge in [0.1, 0.15) is 0 Å². The number of nitrogens with zero attached hydrogens (tertiary/aromatic N) is 1. The van der Waals surface area contributed by atoms with Crippen molar-refractivity contribution in [1.82, 2.24) is 0 Å². The maximum Gasteiger partial charge on any atom is 0.162 e. The lowest BCUT2D eigenvalue weighted by Gasteiger charge is -2.41. The summed E-state index contributed by atoms with van der Waals surface area (Å²) in [4.78, 5) is 15.2. The monoisotopic (exact) mass is 379 g/mol. The normalized spacial score (nSPS) is 22.8. The summed E-state index contributed by atoms with van der Waals surface area (Å²) in [5.74, 6) is -0.354. The number of ketones is 1. The van der Waals surface area contributed by atoms with Gasteiger partial charge in [-0.25, -0.2) is 0 Å². The fourth-order valence-corrected chi connectivity index (χ4v) is 5.29. The smallest absolute Gasteiger partial charge is 0.162 e. The number of ether oxygens (including phenoxy) is 2. The van der Waals surface area contributed by atoms with Crippen LogP contribution < -0.4 is 4.90 Å². The van der Waals surface area contributed by atoms with Gasteiger partial charge in [-0.1, -0.05) is 12.1 Å². The lowest BCUT2D eigenvalue weighted by molar-refractivity contribution is -0.283. The molecule has 0 saturated carbocycles. The van der Waals surface area contributed by atoms with E-state index >= 15 is 0 Å². The molecule has 0 N–H and O–H groups in total. The zero-order valence-electron chi connectivity index (χ0n) is 17.1. The van der Waals surface area contributed by atoms with E-state index in [1.807, 2.05) is 13.8 Å². The molecule has 2 saturated heterocycles. The van der Waals surface area contributed by atoms with E-state index in [9.17, 15) is 4.79 Å². The molecule has 0 unspecified atom stereocenters. The maximum atomic E-state index is 12.7. The summed E-state index contributed by atoms with van der Waals surface area (Å²) in [6.07, 6.45) is 4.27. The summed E-state index contributed by atoms with van der Waals surface area (Å²) in [7, 11) is 0. The molecule has 148 valence electrons. The Kier molecular flexibility index (Phi) is 4.08. The lowest BCUT2D eigenvalue weighted by atomic mass is 9.85. The Morgan fingerprint density at radius 3 is 2.43 bits per heavy atom. The Hall–Kier alpha value is -1.91. The van der Waals surface area contributed by atoms with Crippen molar-refractivity contribution in [3.63, 3.8) is 0 Å². The highest BCUT2D eigenvalue weighted by Crippen LogP contribution is 2.46. The first-order valence-corrected chi connectivity index (χ1v) is 10.5. The van der Waals surface area contributed by atoms with Crippen LogP contribution in [0, 0.1) is 5.41 Å². The first-order chi connectivity index (χ1) is 13.4.